The lowest BCUT2D eigenvalue weighted by molar-refractivity contribution is 0.0442. The van der Waals surface area contributed by atoms with E-state index in [1.807, 2.05) is 48.5 Å². The molecule has 3 rings (SSSR count). The number of hydrogen-bond acceptors (Lipinski definition) is 4. The molecular formula is C19H23NO4S. The monoisotopic (exact) mass is 361 g/mol. The molecule has 2 aromatic carbocycles. The van der Waals surface area contributed by atoms with Crippen LogP contribution in [-0.4, -0.2) is 32.9 Å². The van der Waals surface area contributed by atoms with Crippen LogP contribution in [0.15, 0.2) is 48.5 Å². The Morgan fingerprint density at radius 3 is 2.60 bits per heavy atom. The van der Waals surface area contributed by atoms with E-state index in [9.17, 15) is 13.5 Å². The second-order valence-electron chi connectivity index (χ2n) is 6.43. The van der Waals surface area contributed by atoms with Crippen LogP contribution in [0.2, 0.25) is 0 Å². The van der Waals surface area contributed by atoms with Crippen molar-refractivity contribution < 1.29 is 18.3 Å². The molecule has 1 aliphatic carbocycles. The first-order chi connectivity index (χ1) is 11.9. The molecule has 0 amide bonds. The highest BCUT2D eigenvalue weighted by Gasteiger charge is 2.37. The van der Waals surface area contributed by atoms with Crippen molar-refractivity contribution in [3.63, 3.8) is 0 Å². The summed E-state index contributed by atoms with van der Waals surface area (Å²) in [5.41, 5.74) is 1.72. The smallest absolute Gasteiger partial charge is 0.212 e. The minimum Gasteiger partial charge on any atom is -0.497 e. The first kappa shape index (κ1) is 17.9. The summed E-state index contributed by atoms with van der Waals surface area (Å²) in [5.74, 6) is 0.726. The van der Waals surface area contributed by atoms with E-state index < -0.39 is 15.6 Å². The van der Waals surface area contributed by atoms with E-state index in [2.05, 4.69) is 4.72 Å². The van der Waals surface area contributed by atoms with E-state index in [0.717, 1.165) is 28.9 Å². The summed E-state index contributed by atoms with van der Waals surface area (Å²) < 4.78 is 32.2. The molecule has 0 saturated carbocycles. The fraction of sp³-hybridized carbons (Fsp3) is 0.368. The van der Waals surface area contributed by atoms with Crippen molar-refractivity contribution in [2.24, 2.45) is 0 Å². The minimum absolute atomic E-state index is 0.00889. The summed E-state index contributed by atoms with van der Waals surface area (Å²) in [6.07, 6.45) is 1.71. The summed E-state index contributed by atoms with van der Waals surface area (Å²) in [5, 5.41) is 10.8. The topological polar surface area (TPSA) is 75.6 Å². The average molecular weight is 361 g/mol. The average Bonchev–Trinajstić information content (AvgIpc) is 2.97. The second kappa shape index (κ2) is 7.15. The van der Waals surface area contributed by atoms with Gasteiger partial charge in [0, 0.05) is 6.54 Å². The van der Waals surface area contributed by atoms with Crippen LogP contribution in [0.4, 0.5) is 0 Å². The Labute approximate surface area is 148 Å². The third-order valence-electron chi connectivity index (χ3n) is 4.73. The standard InChI is InChI=1S/C19H23NO4S/c1-24-17-8-6-15(7-9-17)11-13-25(22,23)20-14-19(21)12-10-16-4-2-3-5-18(16)19/h2-9,20-21H,10-14H2,1H3. The number of aliphatic hydroxyl groups is 1. The SMILES string of the molecule is COc1ccc(CCS(=O)(=O)NCC2(O)CCc3ccccc32)cc1. The third kappa shape index (κ3) is 4.21. The van der Waals surface area contributed by atoms with Crippen LogP contribution in [0, 0.1) is 0 Å². The zero-order chi connectivity index (χ0) is 17.9. The highest BCUT2D eigenvalue weighted by atomic mass is 32.2. The molecule has 1 atom stereocenters. The number of hydrogen-bond donors (Lipinski definition) is 2. The van der Waals surface area contributed by atoms with Crippen molar-refractivity contribution in [2.45, 2.75) is 24.9 Å². The highest BCUT2D eigenvalue weighted by Crippen LogP contribution is 2.36. The maximum Gasteiger partial charge on any atom is 0.212 e. The molecule has 134 valence electrons. The lowest BCUT2D eigenvalue weighted by atomic mass is 9.96. The van der Waals surface area contributed by atoms with Gasteiger partial charge in [-0.3, -0.25) is 0 Å². The van der Waals surface area contributed by atoms with Crippen molar-refractivity contribution in [1.82, 2.24) is 4.72 Å². The molecule has 1 unspecified atom stereocenters. The van der Waals surface area contributed by atoms with Gasteiger partial charge in [0.05, 0.1) is 12.9 Å². The largest absolute Gasteiger partial charge is 0.497 e. The van der Waals surface area contributed by atoms with Crippen LogP contribution in [-0.2, 0) is 28.5 Å². The van der Waals surface area contributed by atoms with E-state index in [4.69, 9.17) is 4.74 Å². The van der Waals surface area contributed by atoms with Gasteiger partial charge in [-0.2, -0.15) is 0 Å². The van der Waals surface area contributed by atoms with Gasteiger partial charge in [0.15, 0.2) is 0 Å². The number of nitrogens with one attached hydrogen (secondary N) is 1. The van der Waals surface area contributed by atoms with Gasteiger partial charge in [-0.25, -0.2) is 13.1 Å². The lowest BCUT2D eigenvalue weighted by Crippen LogP contribution is -2.40. The normalized spacial score (nSPS) is 19.6. The molecule has 5 nitrogen and oxygen atoms in total. The molecule has 0 radical (unpaired) electrons. The maximum atomic E-state index is 12.3. The second-order valence-corrected chi connectivity index (χ2v) is 8.35. The number of rotatable bonds is 7. The molecule has 6 heteroatoms. The summed E-state index contributed by atoms with van der Waals surface area (Å²) in [7, 11) is -1.87. The maximum absolute atomic E-state index is 12.3. The van der Waals surface area contributed by atoms with E-state index >= 15 is 0 Å². The van der Waals surface area contributed by atoms with Gasteiger partial charge in [0.25, 0.3) is 0 Å². The van der Waals surface area contributed by atoms with Crippen molar-refractivity contribution in [1.29, 1.82) is 0 Å². The van der Waals surface area contributed by atoms with Gasteiger partial charge in [0.2, 0.25) is 10.0 Å². The minimum atomic E-state index is -3.46. The molecule has 0 heterocycles. The van der Waals surface area contributed by atoms with Crippen LogP contribution in [0.1, 0.15) is 23.1 Å². The number of aryl methyl sites for hydroxylation is 2. The summed E-state index contributed by atoms with van der Waals surface area (Å²) in [6, 6.07) is 15.0. The van der Waals surface area contributed by atoms with Crippen LogP contribution < -0.4 is 9.46 Å². The van der Waals surface area contributed by atoms with Crippen molar-refractivity contribution >= 4 is 10.0 Å². The van der Waals surface area contributed by atoms with Crippen LogP contribution in [0.25, 0.3) is 0 Å². The Kier molecular flexibility index (Phi) is 5.13. The summed E-state index contributed by atoms with van der Waals surface area (Å²) >= 11 is 0. The number of methoxy groups -OCH3 is 1. The van der Waals surface area contributed by atoms with Gasteiger partial charge >= 0.3 is 0 Å². The number of benzene rings is 2. The molecule has 0 bridgehead atoms. The summed E-state index contributed by atoms with van der Waals surface area (Å²) in [6.45, 7) is 0.00889. The third-order valence-corrected chi connectivity index (χ3v) is 6.06. The van der Waals surface area contributed by atoms with Gasteiger partial charge in [0.1, 0.15) is 11.4 Å². The summed E-state index contributed by atoms with van der Waals surface area (Å²) in [4.78, 5) is 0. The van der Waals surface area contributed by atoms with E-state index in [0.29, 0.717) is 12.8 Å². The Morgan fingerprint density at radius 1 is 1.16 bits per heavy atom. The molecule has 1 aliphatic rings. The van der Waals surface area contributed by atoms with Gasteiger partial charge in [-0.05, 0) is 48.1 Å². The molecule has 0 spiro atoms. The van der Waals surface area contributed by atoms with E-state index in [1.54, 1.807) is 7.11 Å². The molecule has 0 aliphatic heterocycles. The fourth-order valence-corrected chi connectivity index (χ4v) is 4.31. The fourth-order valence-electron chi connectivity index (χ4n) is 3.20. The Morgan fingerprint density at radius 2 is 1.88 bits per heavy atom. The first-order valence-electron chi connectivity index (χ1n) is 8.33. The predicted octanol–water partition coefficient (Wildman–Crippen LogP) is 1.99. The molecule has 2 N–H and O–H groups in total. The molecule has 0 aromatic heterocycles. The molecule has 2 aromatic rings. The van der Waals surface area contributed by atoms with Crippen LogP contribution >= 0.6 is 0 Å². The van der Waals surface area contributed by atoms with Crippen molar-refractivity contribution in [3.8, 4) is 5.75 Å². The van der Waals surface area contributed by atoms with Crippen LogP contribution in [0.5, 0.6) is 5.75 Å². The Hall–Kier alpha value is -1.89. The van der Waals surface area contributed by atoms with E-state index in [1.165, 1.54) is 0 Å². The van der Waals surface area contributed by atoms with Crippen LogP contribution in [0.3, 0.4) is 0 Å². The molecule has 25 heavy (non-hydrogen) atoms. The van der Waals surface area contributed by atoms with Crippen molar-refractivity contribution in [2.75, 3.05) is 19.4 Å². The lowest BCUT2D eigenvalue weighted by Gasteiger charge is -2.24. The number of fused-ring (bicyclic) bond motifs is 1. The predicted molar refractivity (Wildman–Crippen MR) is 97.1 cm³/mol. The van der Waals surface area contributed by atoms with Crippen molar-refractivity contribution in [3.05, 3.63) is 65.2 Å². The molecule has 0 saturated heterocycles. The zero-order valence-corrected chi connectivity index (χ0v) is 15.1. The van der Waals surface area contributed by atoms with Gasteiger partial charge in [-0.1, -0.05) is 36.4 Å². The van der Waals surface area contributed by atoms with Gasteiger partial charge < -0.3 is 9.84 Å². The molecule has 0 fully saturated rings. The Bertz CT molecular complexity index is 833. The zero-order valence-electron chi connectivity index (χ0n) is 14.2. The highest BCUT2D eigenvalue weighted by molar-refractivity contribution is 7.89. The Balaban J connectivity index is 1.58. The molecular weight excluding hydrogens is 338 g/mol. The first-order valence-corrected chi connectivity index (χ1v) is 9.98. The van der Waals surface area contributed by atoms with Gasteiger partial charge in [-0.15, -0.1) is 0 Å². The quantitative estimate of drug-likeness (QED) is 0.791. The number of sulfonamides is 1. The van der Waals surface area contributed by atoms with E-state index in [-0.39, 0.29) is 12.3 Å². The number of ether oxygens (including phenoxy) is 1.